The first-order valence-electron chi connectivity index (χ1n) is 6.28. The molecule has 1 amide bonds. The van der Waals surface area contributed by atoms with Crippen molar-refractivity contribution in [2.75, 3.05) is 46.4 Å². The third-order valence-corrected chi connectivity index (χ3v) is 3.10. The first-order chi connectivity index (χ1) is 9.16. The largest absolute Gasteiger partial charge is 0.379 e. The molecule has 0 radical (unpaired) electrons. The molecule has 1 aliphatic rings. The highest BCUT2D eigenvalue weighted by atomic mass is 16.5. The Labute approximate surface area is 111 Å². The molecule has 7 nitrogen and oxygen atoms in total. The predicted octanol–water partition coefficient (Wildman–Crippen LogP) is -0.826. The van der Waals surface area contributed by atoms with Gasteiger partial charge in [-0.2, -0.15) is 5.10 Å². The molecule has 1 aliphatic heterocycles. The van der Waals surface area contributed by atoms with Crippen LogP contribution in [-0.2, 0) is 4.74 Å². The molecular weight excluding hydrogens is 248 g/mol. The highest BCUT2D eigenvalue weighted by Crippen LogP contribution is 2.00. The molecule has 19 heavy (non-hydrogen) atoms. The zero-order valence-electron chi connectivity index (χ0n) is 11.0. The van der Waals surface area contributed by atoms with Crippen molar-refractivity contribution in [2.24, 2.45) is 0 Å². The summed E-state index contributed by atoms with van der Waals surface area (Å²) in [5.74, 6) is -0.190. The standard InChI is InChI=1S/C12H18N4O3/c1-15(4-5-16-6-8-19-9-7-16)12(18)10-2-3-11(17)14-13-10/h2-3H,4-9H2,1H3,(H,14,17). The average Bonchev–Trinajstić information content (AvgIpc) is 2.46. The molecule has 0 atom stereocenters. The number of H-pyrrole nitrogens is 1. The first kappa shape index (κ1) is 13.7. The number of rotatable bonds is 4. The van der Waals surface area contributed by atoms with Crippen molar-refractivity contribution < 1.29 is 9.53 Å². The van der Waals surface area contributed by atoms with Crippen LogP contribution in [0.3, 0.4) is 0 Å². The van der Waals surface area contributed by atoms with E-state index >= 15 is 0 Å². The van der Waals surface area contributed by atoms with Gasteiger partial charge >= 0.3 is 0 Å². The Hall–Kier alpha value is -1.73. The summed E-state index contributed by atoms with van der Waals surface area (Å²) in [6.45, 7) is 4.74. The second kappa shape index (κ2) is 6.44. The van der Waals surface area contributed by atoms with E-state index in [1.807, 2.05) is 0 Å². The first-order valence-corrected chi connectivity index (χ1v) is 6.28. The van der Waals surface area contributed by atoms with E-state index in [1.54, 1.807) is 11.9 Å². The van der Waals surface area contributed by atoms with Crippen molar-refractivity contribution in [3.63, 3.8) is 0 Å². The molecule has 1 N–H and O–H groups in total. The Balaban J connectivity index is 1.84. The van der Waals surface area contributed by atoms with Crippen molar-refractivity contribution in [1.29, 1.82) is 0 Å². The van der Waals surface area contributed by atoms with E-state index in [0.717, 1.165) is 32.8 Å². The Kier molecular flexibility index (Phi) is 4.64. The Morgan fingerprint density at radius 3 is 2.84 bits per heavy atom. The fourth-order valence-electron chi connectivity index (χ4n) is 1.88. The van der Waals surface area contributed by atoms with Gasteiger partial charge in [-0.05, 0) is 6.07 Å². The Morgan fingerprint density at radius 2 is 2.21 bits per heavy atom. The maximum Gasteiger partial charge on any atom is 0.274 e. The van der Waals surface area contributed by atoms with Crippen molar-refractivity contribution in [1.82, 2.24) is 20.0 Å². The Morgan fingerprint density at radius 1 is 1.47 bits per heavy atom. The van der Waals surface area contributed by atoms with Gasteiger partial charge in [0, 0.05) is 39.3 Å². The van der Waals surface area contributed by atoms with Gasteiger partial charge in [-0.3, -0.25) is 14.5 Å². The summed E-state index contributed by atoms with van der Waals surface area (Å²) in [6, 6.07) is 2.74. The van der Waals surface area contributed by atoms with E-state index in [4.69, 9.17) is 4.74 Å². The normalized spacial score (nSPS) is 16.3. The lowest BCUT2D eigenvalue weighted by Gasteiger charge is -2.28. The van der Waals surface area contributed by atoms with E-state index in [2.05, 4.69) is 15.1 Å². The molecule has 1 fully saturated rings. The minimum atomic E-state index is -0.312. The monoisotopic (exact) mass is 266 g/mol. The average molecular weight is 266 g/mol. The molecule has 104 valence electrons. The second-order valence-corrected chi connectivity index (χ2v) is 4.49. The summed E-state index contributed by atoms with van der Waals surface area (Å²) in [6.07, 6.45) is 0. The highest BCUT2D eigenvalue weighted by Gasteiger charge is 2.15. The number of morpholine rings is 1. The molecule has 0 aromatic carbocycles. The lowest BCUT2D eigenvalue weighted by molar-refractivity contribution is 0.0337. The van der Waals surface area contributed by atoms with Crippen LogP contribution in [0.4, 0.5) is 0 Å². The van der Waals surface area contributed by atoms with Crippen LogP contribution in [0.15, 0.2) is 16.9 Å². The number of carbonyl (C=O) groups is 1. The van der Waals surface area contributed by atoms with E-state index in [-0.39, 0.29) is 17.2 Å². The van der Waals surface area contributed by atoms with Crippen LogP contribution < -0.4 is 5.56 Å². The molecule has 2 heterocycles. The molecule has 0 saturated carbocycles. The maximum absolute atomic E-state index is 12.0. The maximum atomic E-state index is 12.0. The fraction of sp³-hybridized carbons (Fsp3) is 0.583. The van der Waals surface area contributed by atoms with Crippen molar-refractivity contribution >= 4 is 5.91 Å². The van der Waals surface area contributed by atoms with Crippen LogP contribution in [0.5, 0.6) is 0 Å². The number of nitrogens with one attached hydrogen (secondary N) is 1. The molecule has 0 spiro atoms. The van der Waals surface area contributed by atoms with Gasteiger partial charge in [-0.15, -0.1) is 0 Å². The fourth-order valence-corrected chi connectivity index (χ4v) is 1.88. The molecule has 0 aliphatic carbocycles. The number of amides is 1. The Bertz CT molecular complexity index is 462. The number of aromatic amines is 1. The van der Waals surface area contributed by atoms with Crippen LogP contribution >= 0.6 is 0 Å². The SMILES string of the molecule is CN(CCN1CCOCC1)C(=O)c1ccc(=O)[nH]n1. The van der Waals surface area contributed by atoms with Gasteiger partial charge in [0.05, 0.1) is 13.2 Å². The number of likely N-dealkylation sites (N-methyl/N-ethyl adjacent to an activating group) is 1. The number of carbonyl (C=O) groups excluding carboxylic acids is 1. The van der Waals surface area contributed by atoms with E-state index < -0.39 is 0 Å². The van der Waals surface area contributed by atoms with Crippen LogP contribution in [0.25, 0.3) is 0 Å². The van der Waals surface area contributed by atoms with Gasteiger partial charge in [0.2, 0.25) is 0 Å². The molecule has 0 unspecified atom stereocenters. The van der Waals surface area contributed by atoms with Crippen LogP contribution in [0.2, 0.25) is 0 Å². The lowest BCUT2D eigenvalue weighted by atomic mass is 10.3. The number of aromatic nitrogens is 2. The van der Waals surface area contributed by atoms with Gasteiger partial charge in [0.15, 0.2) is 0 Å². The molecule has 1 saturated heterocycles. The van der Waals surface area contributed by atoms with Crippen LogP contribution in [0, 0.1) is 0 Å². The van der Waals surface area contributed by atoms with Crippen LogP contribution in [0.1, 0.15) is 10.5 Å². The van der Waals surface area contributed by atoms with Gasteiger partial charge in [0.25, 0.3) is 11.5 Å². The van der Waals surface area contributed by atoms with Gasteiger partial charge in [-0.25, -0.2) is 5.10 Å². The van der Waals surface area contributed by atoms with E-state index in [9.17, 15) is 9.59 Å². The molecule has 1 aromatic rings. The minimum Gasteiger partial charge on any atom is -0.379 e. The topological polar surface area (TPSA) is 78.5 Å². The lowest BCUT2D eigenvalue weighted by Crippen LogP contribution is -2.42. The molecular formula is C12H18N4O3. The van der Waals surface area contributed by atoms with E-state index in [1.165, 1.54) is 12.1 Å². The van der Waals surface area contributed by atoms with Crippen molar-refractivity contribution in [3.05, 3.63) is 28.2 Å². The highest BCUT2D eigenvalue weighted by molar-refractivity contribution is 5.91. The summed E-state index contributed by atoms with van der Waals surface area (Å²) in [7, 11) is 1.73. The summed E-state index contributed by atoms with van der Waals surface area (Å²) < 4.78 is 5.27. The van der Waals surface area contributed by atoms with Crippen molar-refractivity contribution in [2.45, 2.75) is 0 Å². The zero-order valence-corrected chi connectivity index (χ0v) is 11.0. The number of nitrogens with zero attached hydrogens (tertiary/aromatic N) is 3. The minimum absolute atomic E-state index is 0.190. The summed E-state index contributed by atoms with van der Waals surface area (Å²) >= 11 is 0. The number of hydrogen-bond acceptors (Lipinski definition) is 5. The summed E-state index contributed by atoms with van der Waals surface area (Å²) in [4.78, 5) is 26.8. The number of hydrogen-bond donors (Lipinski definition) is 1. The van der Waals surface area contributed by atoms with E-state index in [0.29, 0.717) is 6.54 Å². The zero-order chi connectivity index (χ0) is 13.7. The summed E-state index contributed by atoms with van der Waals surface area (Å²) in [5.41, 5.74) is -0.0587. The third-order valence-electron chi connectivity index (χ3n) is 3.10. The number of ether oxygens (including phenoxy) is 1. The van der Waals surface area contributed by atoms with Crippen molar-refractivity contribution in [3.8, 4) is 0 Å². The quantitative estimate of drug-likeness (QED) is 0.770. The van der Waals surface area contributed by atoms with Crippen LogP contribution in [-0.4, -0.2) is 72.3 Å². The van der Waals surface area contributed by atoms with Gasteiger partial charge in [0.1, 0.15) is 5.69 Å². The van der Waals surface area contributed by atoms with Gasteiger partial charge in [-0.1, -0.05) is 0 Å². The van der Waals surface area contributed by atoms with Gasteiger partial charge < -0.3 is 9.64 Å². The third kappa shape index (κ3) is 3.87. The second-order valence-electron chi connectivity index (χ2n) is 4.49. The smallest absolute Gasteiger partial charge is 0.274 e. The molecule has 0 bridgehead atoms. The predicted molar refractivity (Wildman–Crippen MR) is 69.1 cm³/mol. The molecule has 7 heteroatoms. The summed E-state index contributed by atoms with van der Waals surface area (Å²) in [5, 5.41) is 5.99. The molecule has 2 rings (SSSR count). The molecule has 1 aromatic heterocycles.